The number of nitrogens with zero attached hydrogens (tertiary/aromatic N) is 2. The van der Waals surface area contributed by atoms with Crippen LogP contribution in [0.3, 0.4) is 0 Å². The van der Waals surface area contributed by atoms with Gasteiger partial charge in [0.1, 0.15) is 5.82 Å². The normalized spacial score (nSPS) is 17.2. The molecule has 0 bridgehead atoms. The summed E-state index contributed by atoms with van der Waals surface area (Å²) in [6.07, 6.45) is 0. The van der Waals surface area contributed by atoms with Crippen LogP contribution in [-0.4, -0.2) is 55.8 Å². The van der Waals surface area contributed by atoms with Gasteiger partial charge in [0.05, 0.1) is 17.5 Å². The van der Waals surface area contributed by atoms with Crippen molar-refractivity contribution in [3.63, 3.8) is 0 Å². The number of carbonyl (C=O) groups is 1. The molecule has 0 radical (unpaired) electrons. The number of piperazine rings is 1. The largest absolute Gasteiger partial charge is 0.322 e. The monoisotopic (exact) mass is 405 g/mol. The van der Waals surface area contributed by atoms with Crippen molar-refractivity contribution in [3.05, 3.63) is 66.0 Å². The van der Waals surface area contributed by atoms with Crippen LogP contribution in [0.25, 0.3) is 0 Å². The first kappa shape index (κ1) is 20.4. The van der Waals surface area contributed by atoms with E-state index in [1.807, 2.05) is 23.1 Å². The molecule has 150 valence electrons. The number of amides is 1. The Bertz CT molecular complexity index is 913. The van der Waals surface area contributed by atoms with Crippen molar-refractivity contribution in [2.45, 2.75) is 18.7 Å². The maximum atomic E-state index is 13.7. The van der Waals surface area contributed by atoms with E-state index in [2.05, 4.69) is 5.32 Å². The highest BCUT2D eigenvalue weighted by Crippen LogP contribution is 2.17. The number of sulfonamides is 1. The highest BCUT2D eigenvalue weighted by atomic mass is 32.2. The molecule has 2 aromatic rings. The quantitative estimate of drug-likeness (QED) is 0.801. The maximum Gasteiger partial charge on any atom is 0.241 e. The van der Waals surface area contributed by atoms with Gasteiger partial charge in [-0.2, -0.15) is 4.31 Å². The molecule has 6 nitrogen and oxygen atoms in total. The molecular weight excluding hydrogens is 381 g/mol. The second-order valence-corrected chi connectivity index (χ2v) is 8.79. The average Bonchev–Trinajstić information content (AvgIpc) is 2.69. The summed E-state index contributed by atoms with van der Waals surface area (Å²) in [6, 6.07) is 14.6. The van der Waals surface area contributed by atoms with Crippen LogP contribution in [0.1, 0.15) is 12.5 Å². The number of para-hydroxylation sites is 1. The lowest BCUT2D eigenvalue weighted by molar-refractivity contribution is -0.121. The topological polar surface area (TPSA) is 69.7 Å². The van der Waals surface area contributed by atoms with Crippen LogP contribution < -0.4 is 5.32 Å². The molecule has 0 unspecified atom stereocenters. The molecule has 1 aliphatic heterocycles. The smallest absolute Gasteiger partial charge is 0.241 e. The SMILES string of the molecule is C[C@@H](C(=O)Nc1ccccc1F)N1CCN(S(=O)(=O)Cc2ccccc2)CC1. The number of hydrogen-bond acceptors (Lipinski definition) is 4. The third-order valence-electron chi connectivity index (χ3n) is 4.92. The molecular formula is C20H24FN3O3S. The minimum absolute atomic E-state index is 0.0306. The maximum absolute atomic E-state index is 13.7. The number of anilines is 1. The summed E-state index contributed by atoms with van der Waals surface area (Å²) in [6.45, 7) is 3.28. The number of carbonyl (C=O) groups excluding carboxylic acids is 1. The van der Waals surface area contributed by atoms with Crippen LogP contribution in [0.15, 0.2) is 54.6 Å². The van der Waals surface area contributed by atoms with E-state index >= 15 is 0 Å². The number of nitrogens with one attached hydrogen (secondary N) is 1. The van der Waals surface area contributed by atoms with Crippen LogP contribution in [0.4, 0.5) is 10.1 Å². The fourth-order valence-corrected chi connectivity index (χ4v) is 4.73. The van der Waals surface area contributed by atoms with Crippen molar-refractivity contribution in [2.75, 3.05) is 31.5 Å². The summed E-state index contributed by atoms with van der Waals surface area (Å²) in [7, 11) is -3.40. The first-order valence-electron chi connectivity index (χ1n) is 9.18. The molecule has 3 rings (SSSR count). The lowest BCUT2D eigenvalue weighted by Crippen LogP contribution is -2.54. The zero-order valence-electron chi connectivity index (χ0n) is 15.7. The van der Waals surface area contributed by atoms with Gasteiger partial charge in [-0.25, -0.2) is 12.8 Å². The molecule has 28 heavy (non-hydrogen) atoms. The average molecular weight is 405 g/mol. The highest BCUT2D eigenvalue weighted by molar-refractivity contribution is 7.88. The minimum atomic E-state index is -3.40. The predicted molar refractivity (Wildman–Crippen MR) is 107 cm³/mol. The second-order valence-electron chi connectivity index (χ2n) is 6.82. The van der Waals surface area contributed by atoms with E-state index in [4.69, 9.17) is 0 Å². The van der Waals surface area contributed by atoms with Crippen molar-refractivity contribution in [2.24, 2.45) is 0 Å². The van der Waals surface area contributed by atoms with Gasteiger partial charge in [0.2, 0.25) is 15.9 Å². The van der Waals surface area contributed by atoms with Gasteiger partial charge in [0.15, 0.2) is 0 Å². The van der Waals surface area contributed by atoms with Gasteiger partial charge < -0.3 is 5.32 Å². The van der Waals surface area contributed by atoms with Gasteiger partial charge >= 0.3 is 0 Å². The van der Waals surface area contributed by atoms with Gasteiger partial charge in [-0.15, -0.1) is 0 Å². The van der Waals surface area contributed by atoms with Crippen molar-refractivity contribution in [1.29, 1.82) is 0 Å². The molecule has 1 saturated heterocycles. The Kier molecular flexibility index (Phi) is 6.43. The Labute approximate surface area is 165 Å². The number of halogens is 1. The van der Waals surface area contributed by atoms with Gasteiger partial charge in [-0.05, 0) is 24.6 Å². The fourth-order valence-electron chi connectivity index (χ4n) is 3.21. The van der Waals surface area contributed by atoms with Crippen LogP contribution in [0.5, 0.6) is 0 Å². The lowest BCUT2D eigenvalue weighted by Gasteiger charge is -2.36. The summed E-state index contributed by atoms with van der Waals surface area (Å²) < 4.78 is 40.4. The zero-order valence-corrected chi connectivity index (χ0v) is 16.5. The van der Waals surface area contributed by atoms with E-state index in [0.29, 0.717) is 26.2 Å². The fraction of sp³-hybridized carbons (Fsp3) is 0.350. The molecule has 0 spiro atoms. The van der Waals surface area contributed by atoms with Crippen molar-refractivity contribution < 1.29 is 17.6 Å². The van der Waals surface area contributed by atoms with Gasteiger partial charge in [0.25, 0.3) is 0 Å². The molecule has 2 aromatic carbocycles. The molecule has 0 saturated carbocycles. The van der Waals surface area contributed by atoms with E-state index in [1.165, 1.54) is 16.4 Å². The van der Waals surface area contributed by atoms with Gasteiger partial charge in [-0.1, -0.05) is 42.5 Å². The van der Waals surface area contributed by atoms with Crippen molar-refractivity contribution in [3.8, 4) is 0 Å². The molecule has 0 aromatic heterocycles. The zero-order chi connectivity index (χ0) is 20.1. The van der Waals surface area contributed by atoms with E-state index in [0.717, 1.165) is 5.56 Å². The van der Waals surface area contributed by atoms with Crippen molar-refractivity contribution >= 4 is 21.6 Å². The second kappa shape index (κ2) is 8.81. The Hall–Kier alpha value is -2.29. The number of rotatable bonds is 6. The minimum Gasteiger partial charge on any atom is -0.322 e. The van der Waals surface area contributed by atoms with Gasteiger partial charge in [0, 0.05) is 26.2 Å². The molecule has 0 aliphatic carbocycles. The van der Waals surface area contributed by atoms with E-state index in [9.17, 15) is 17.6 Å². The third kappa shape index (κ3) is 4.95. The van der Waals surface area contributed by atoms with Crippen LogP contribution >= 0.6 is 0 Å². The van der Waals surface area contributed by atoms with Crippen LogP contribution in [0.2, 0.25) is 0 Å². The van der Waals surface area contributed by atoms with E-state index in [-0.39, 0.29) is 17.3 Å². The van der Waals surface area contributed by atoms with Crippen LogP contribution in [-0.2, 0) is 20.6 Å². The van der Waals surface area contributed by atoms with E-state index in [1.54, 1.807) is 31.2 Å². The van der Waals surface area contributed by atoms with Crippen molar-refractivity contribution in [1.82, 2.24) is 9.21 Å². The molecule has 1 amide bonds. The summed E-state index contributed by atoms with van der Waals surface area (Å²) in [5.74, 6) is -0.831. The first-order chi connectivity index (χ1) is 13.4. The summed E-state index contributed by atoms with van der Waals surface area (Å²) in [5, 5.41) is 2.59. The van der Waals surface area contributed by atoms with Gasteiger partial charge in [-0.3, -0.25) is 9.69 Å². The number of benzene rings is 2. The Morgan fingerprint density at radius 3 is 2.29 bits per heavy atom. The molecule has 1 atom stereocenters. The van der Waals surface area contributed by atoms with E-state index < -0.39 is 21.9 Å². The summed E-state index contributed by atoms with van der Waals surface area (Å²) in [5.41, 5.74) is 0.894. The highest BCUT2D eigenvalue weighted by Gasteiger charge is 2.31. The Balaban J connectivity index is 1.55. The molecule has 8 heteroatoms. The summed E-state index contributed by atoms with van der Waals surface area (Å²) in [4.78, 5) is 14.3. The number of hydrogen-bond donors (Lipinski definition) is 1. The third-order valence-corrected chi connectivity index (χ3v) is 6.77. The molecule has 1 aliphatic rings. The van der Waals surface area contributed by atoms with Crippen LogP contribution in [0, 0.1) is 5.82 Å². The summed E-state index contributed by atoms with van der Waals surface area (Å²) >= 11 is 0. The molecule has 1 N–H and O–H groups in total. The lowest BCUT2D eigenvalue weighted by atomic mass is 10.2. The predicted octanol–water partition coefficient (Wildman–Crippen LogP) is 2.30. The molecule has 1 heterocycles. The first-order valence-corrected chi connectivity index (χ1v) is 10.8. The Morgan fingerprint density at radius 1 is 1.04 bits per heavy atom. The standard InChI is InChI=1S/C20H24FN3O3S/c1-16(20(25)22-19-10-6-5-9-18(19)21)23-11-13-24(14-12-23)28(26,27)15-17-7-3-2-4-8-17/h2-10,16H,11-15H2,1H3,(H,22,25)/t16-/m0/s1. The Morgan fingerprint density at radius 2 is 1.64 bits per heavy atom. The molecule has 1 fully saturated rings.